The Kier molecular flexibility index (Phi) is 34.2. The Morgan fingerprint density at radius 1 is 0.577 bits per heavy atom. The predicted octanol–water partition coefficient (Wildman–Crippen LogP) is 13.3. The first-order valence-corrected chi connectivity index (χ1v) is 22.5. The van der Waals surface area contributed by atoms with Crippen molar-refractivity contribution in [2.45, 2.75) is 226 Å². The van der Waals surface area contributed by atoms with Gasteiger partial charge in [-0.05, 0) is 76.9 Å². The number of ether oxygens (including phenoxy) is 5. The Hall–Kier alpha value is -1.38. The first kappa shape index (κ1) is 48.6. The highest BCUT2D eigenvalue weighted by molar-refractivity contribution is 5.77. The Morgan fingerprint density at radius 2 is 1.08 bits per heavy atom. The van der Waals surface area contributed by atoms with Crippen LogP contribution in [0.25, 0.3) is 0 Å². The van der Waals surface area contributed by atoms with E-state index >= 15 is 0 Å². The minimum absolute atomic E-state index is 0.0299. The van der Waals surface area contributed by atoms with Crippen molar-refractivity contribution in [2.24, 2.45) is 5.92 Å². The molecule has 0 amide bonds. The zero-order chi connectivity index (χ0) is 37.7. The van der Waals surface area contributed by atoms with E-state index in [1.165, 1.54) is 148 Å². The highest BCUT2D eigenvalue weighted by Gasteiger charge is 2.23. The van der Waals surface area contributed by atoms with Crippen LogP contribution in [0.1, 0.15) is 214 Å². The molecule has 1 saturated heterocycles. The molecule has 308 valence electrons. The van der Waals surface area contributed by atoms with Crippen molar-refractivity contribution in [1.29, 1.82) is 0 Å². The number of hydrogen-bond donors (Lipinski definition) is 0. The second-order valence-corrected chi connectivity index (χ2v) is 15.4. The van der Waals surface area contributed by atoms with Gasteiger partial charge in [-0.25, -0.2) is 9.59 Å². The first-order chi connectivity index (χ1) is 25.5. The van der Waals surface area contributed by atoms with Crippen LogP contribution < -0.4 is 0 Å². The van der Waals surface area contributed by atoms with Gasteiger partial charge < -0.3 is 28.6 Å². The molecule has 0 N–H and O–H groups in total. The SMILES string of the molecule is CCCCCCCCOC(CCCC(CCCCCCCCCCCC1CCOC(=O)OC(=O)O1)CCCN(CC)CC)OCCCCCCCC. The molecule has 0 aromatic heterocycles. The molecule has 1 heterocycles. The summed E-state index contributed by atoms with van der Waals surface area (Å²) in [6.45, 7) is 14.6. The van der Waals surface area contributed by atoms with Crippen LogP contribution in [-0.2, 0) is 23.7 Å². The van der Waals surface area contributed by atoms with Gasteiger partial charge in [0.1, 0.15) is 6.10 Å². The van der Waals surface area contributed by atoms with Gasteiger partial charge in [-0.1, -0.05) is 156 Å². The van der Waals surface area contributed by atoms with Gasteiger partial charge in [0.25, 0.3) is 0 Å². The number of carbonyl (C=O) groups is 2. The third kappa shape index (κ3) is 30.0. The zero-order valence-electron chi connectivity index (χ0n) is 34.8. The lowest BCUT2D eigenvalue weighted by atomic mass is 9.90. The smallest absolute Gasteiger partial charge is 0.434 e. The van der Waals surface area contributed by atoms with Gasteiger partial charge in [-0.15, -0.1) is 0 Å². The Bertz CT molecular complexity index is 775. The van der Waals surface area contributed by atoms with Crippen molar-refractivity contribution in [3.63, 3.8) is 0 Å². The van der Waals surface area contributed by atoms with E-state index in [4.69, 9.17) is 18.9 Å². The molecule has 0 aliphatic carbocycles. The van der Waals surface area contributed by atoms with Crippen molar-refractivity contribution in [3.05, 3.63) is 0 Å². The van der Waals surface area contributed by atoms with Crippen LogP contribution in [0, 0.1) is 5.92 Å². The predicted molar refractivity (Wildman–Crippen MR) is 215 cm³/mol. The molecule has 0 aromatic carbocycles. The lowest BCUT2D eigenvalue weighted by Crippen LogP contribution is -2.27. The molecule has 8 heteroatoms. The molecule has 1 rings (SSSR count). The molecule has 8 nitrogen and oxygen atoms in total. The van der Waals surface area contributed by atoms with Crippen LogP contribution in [0.2, 0.25) is 0 Å². The Balaban J connectivity index is 2.35. The number of nitrogens with zero attached hydrogens (tertiary/aromatic N) is 1. The van der Waals surface area contributed by atoms with Crippen LogP contribution in [0.3, 0.4) is 0 Å². The summed E-state index contributed by atoms with van der Waals surface area (Å²) < 4.78 is 27.2. The molecule has 0 spiro atoms. The number of rotatable bonds is 38. The Labute approximate surface area is 321 Å². The summed E-state index contributed by atoms with van der Waals surface area (Å²) in [5, 5.41) is 0. The summed E-state index contributed by atoms with van der Waals surface area (Å²) in [6.07, 6.45) is 33.5. The van der Waals surface area contributed by atoms with Crippen LogP contribution >= 0.6 is 0 Å². The molecule has 1 aliphatic heterocycles. The van der Waals surface area contributed by atoms with E-state index in [0.29, 0.717) is 6.42 Å². The third-order valence-electron chi connectivity index (χ3n) is 10.9. The van der Waals surface area contributed by atoms with E-state index in [1.54, 1.807) is 0 Å². The summed E-state index contributed by atoms with van der Waals surface area (Å²) in [5.41, 5.74) is 0. The standard InChI is InChI=1S/C44H85NO7/c1-5-9-11-13-22-26-37-48-42(49-38-27-23-14-12-10-6-2)34-28-31-40(32-29-36-45(7-3)8-4)30-24-20-18-16-15-17-19-21-25-33-41-35-39-50-43(46)52-44(47)51-41/h40-42H,5-39H2,1-4H3. The van der Waals surface area contributed by atoms with Crippen LogP contribution in [-0.4, -0.2) is 69.1 Å². The fourth-order valence-corrected chi connectivity index (χ4v) is 7.39. The maximum absolute atomic E-state index is 11.5. The average molecular weight is 740 g/mol. The van der Waals surface area contributed by atoms with Gasteiger partial charge >= 0.3 is 12.3 Å². The lowest BCUT2D eigenvalue weighted by Gasteiger charge is -2.23. The number of cyclic esters (lactones) is 4. The number of unbranched alkanes of at least 4 members (excludes halogenated alkanes) is 18. The minimum atomic E-state index is -0.970. The second-order valence-electron chi connectivity index (χ2n) is 15.4. The van der Waals surface area contributed by atoms with Crippen molar-refractivity contribution in [1.82, 2.24) is 4.90 Å². The van der Waals surface area contributed by atoms with Crippen molar-refractivity contribution in [2.75, 3.05) is 39.5 Å². The van der Waals surface area contributed by atoms with Crippen molar-refractivity contribution < 1.29 is 33.3 Å². The molecule has 0 aromatic rings. The molecular formula is C44H85NO7. The van der Waals surface area contributed by atoms with Crippen LogP contribution in [0.15, 0.2) is 0 Å². The molecule has 0 saturated carbocycles. The van der Waals surface area contributed by atoms with Gasteiger partial charge in [0.15, 0.2) is 6.29 Å². The minimum Gasteiger partial charge on any atom is -0.434 e. The monoisotopic (exact) mass is 740 g/mol. The van der Waals surface area contributed by atoms with E-state index in [1.807, 2.05) is 0 Å². The highest BCUT2D eigenvalue weighted by Crippen LogP contribution is 2.24. The van der Waals surface area contributed by atoms with E-state index in [2.05, 4.69) is 37.3 Å². The first-order valence-electron chi connectivity index (χ1n) is 22.5. The van der Waals surface area contributed by atoms with Crippen LogP contribution in [0.5, 0.6) is 0 Å². The number of hydrogen-bond acceptors (Lipinski definition) is 8. The normalized spacial score (nSPS) is 15.8. The van der Waals surface area contributed by atoms with E-state index < -0.39 is 12.3 Å². The van der Waals surface area contributed by atoms with E-state index in [9.17, 15) is 9.59 Å². The topological polar surface area (TPSA) is 83.5 Å². The average Bonchev–Trinajstić information content (AvgIpc) is 3.13. The molecule has 0 radical (unpaired) electrons. The maximum Gasteiger partial charge on any atom is 0.518 e. The summed E-state index contributed by atoms with van der Waals surface area (Å²) >= 11 is 0. The summed E-state index contributed by atoms with van der Waals surface area (Å²) in [4.78, 5) is 25.2. The molecule has 1 fully saturated rings. The highest BCUT2D eigenvalue weighted by atomic mass is 16.8. The Morgan fingerprint density at radius 3 is 1.65 bits per heavy atom. The molecule has 1 aliphatic rings. The van der Waals surface area contributed by atoms with Crippen molar-refractivity contribution in [3.8, 4) is 0 Å². The fourth-order valence-electron chi connectivity index (χ4n) is 7.39. The van der Waals surface area contributed by atoms with Gasteiger partial charge in [0.2, 0.25) is 0 Å². The van der Waals surface area contributed by atoms with Gasteiger partial charge in [0.05, 0.1) is 6.61 Å². The second kappa shape index (κ2) is 36.6. The number of carbonyl (C=O) groups excluding carboxylic acids is 2. The summed E-state index contributed by atoms with van der Waals surface area (Å²) in [7, 11) is 0. The summed E-state index contributed by atoms with van der Waals surface area (Å²) in [6, 6.07) is 0. The summed E-state index contributed by atoms with van der Waals surface area (Å²) in [5.74, 6) is 0.809. The van der Waals surface area contributed by atoms with Gasteiger partial charge in [-0.2, -0.15) is 0 Å². The molecule has 2 unspecified atom stereocenters. The largest absolute Gasteiger partial charge is 0.518 e. The quantitative estimate of drug-likeness (QED) is 0.0268. The fraction of sp³-hybridized carbons (Fsp3) is 0.955. The molecule has 52 heavy (non-hydrogen) atoms. The van der Waals surface area contributed by atoms with Gasteiger partial charge in [0, 0.05) is 19.6 Å². The maximum atomic E-state index is 11.5. The van der Waals surface area contributed by atoms with Crippen molar-refractivity contribution >= 4 is 12.3 Å². The molecular weight excluding hydrogens is 654 g/mol. The molecule has 2 atom stereocenters. The van der Waals surface area contributed by atoms with E-state index in [0.717, 1.165) is 70.7 Å². The lowest BCUT2D eigenvalue weighted by molar-refractivity contribution is -0.148. The molecule has 0 bridgehead atoms. The zero-order valence-corrected chi connectivity index (χ0v) is 34.8. The van der Waals surface area contributed by atoms with Gasteiger partial charge in [-0.3, -0.25) is 0 Å². The van der Waals surface area contributed by atoms with Crippen LogP contribution in [0.4, 0.5) is 9.59 Å². The van der Waals surface area contributed by atoms with E-state index in [-0.39, 0.29) is 19.0 Å². The third-order valence-corrected chi connectivity index (χ3v) is 10.9.